The number of hydrogen-bond donors (Lipinski definition) is 0. The quantitative estimate of drug-likeness (QED) is 0.795. The summed E-state index contributed by atoms with van der Waals surface area (Å²) in [4.78, 5) is 26.9. The highest BCUT2D eigenvalue weighted by molar-refractivity contribution is 6.09. The van der Waals surface area contributed by atoms with Gasteiger partial charge in [-0.2, -0.15) is 5.26 Å². The maximum Gasteiger partial charge on any atom is 0.253 e. The number of carbonyl (C=O) groups is 2. The molecule has 1 aliphatic rings. The summed E-state index contributed by atoms with van der Waals surface area (Å²) >= 11 is 0. The minimum absolute atomic E-state index is 0.0434. The predicted molar refractivity (Wildman–Crippen MR) is 97.1 cm³/mol. The SMILES string of the molecule is COc1cccc(C(=O)c2ccc(C(=O)N3CCC(C#N)CC3)cc2)c1. The van der Waals surface area contributed by atoms with Crippen molar-refractivity contribution < 1.29 is 14.3 Å². The number of ether oxygens (including phenoxy) is 1. The molecule has 0 aliphatic carbocycles. The van der Waals surface area contributed by atoms with Gasteiger partial charge in [-0.3, -0.25) is 9.59 Å². The van der Waals surface area contributed by atoms with E-state index >= 15 is 0 Å². The lowest BCUT2D eigenvalue weighted by Gasteiger charge is -2.29. The number of likely N-dealkylation sites (tertiary alicyclic amines) is 1. The zero-order valence-electron chi connectivity index (χ0n) is 14.6. The van der Waals surface area contributed by atoms with Crippen LogP contribution in [0.2, 0.25) is 0 Å². The van der Waals surface area contributed by atoms with Gasteiger partial charge >= 0.3 is 0 Å². The molecule has 132 valence electrons. The molecule has 2 aromatic carbocycles. The number of benzene rings is 2. The van der Waals surface area contributed by atoms with E-state index in [9.17, 15) is 9.59 Å². The zero-order valence-corrected chi connectivity index (χ0v) is 14.6. The number of amides is 1. The second-order valence-corrected chi connectivity index (χ2v) is 6.33. The standard InChI is InChI=1S/C21H20N2O3/c1-26-19-4-2-3-18(13-19)20(24)16-5-7-17(8-6-16)21(25)23-11-9-15(14-22)10-12-23/h2-8,13,15H,9-12H2,1H3. The van der Waals surface area contributed by atoms with Gasteiger partial charge < -0.3 is 9.64 Å². The molecule has 26 heavy (non-hydrogen) atoms. The highest BCUT2D eigenvalue weighted by atomic mass is 16.5. The Morgan fingerprint density at radius 1 is 1.04 bits per heavy atom. The normalized spacial score (nSPS) is 14.5. The van der Waals surface area contributed by atoms with Gasteiger partial charge in [-0.15, -0.1) is 0 Å². The highest BCUT2D eigenvalue weighted by Gasteiger charge is 2.23. The van der Waals surface area contributed by atoms with Crippen LogP contribution in [0.3, 0.4) is 0 Å². The van der Waals surface area contributed by atoms with E-state index in [1.165, 1.54) is 0 Å². The van der Waals surface area contributed by atoms with Gasteiger partial charge in [0.1, 0.15) is 5.75 Å². The molecule has 0 aromatic heterocycles. The lowest BCUT2D eigenvalue weighted by atomic mass is 9.97. The summed E-state index contributed by atoms with van der Waals surface area (Å²) in [5, 5.41) is 8.95. The Morgan fingerprint density at radius 2 is 1.69 bits per heavy atom. The number of rotatable bonds is 4. The van der Waals surface area contributed by atoms with Crippen molar-refractivity contribution in [2.45, 2.75) is 12.8 Å². The Labute approximate surface area is 152 Å². The second-order valence-electron chi connectivity index (χ2n) is 6.33. The molecule has 0 radical (unpaired) electrons. The van der Waals surface area contributed by atoms with E-state index in [1.807, 2.05) is 0 Å². The molecular weight excluding hydrogens is 328 g/mol. The smallest absolute Gasteiger partial charge is 0.253 e. The van der Waals surface area contributed by atoms with Crippen LogP contribution in [0.25, 0.3) is 0 Å². The highest BCUT2D eigenvalue weighted by Crippen LogP contribution is 2.20. The van der Waals surface area contributed by atoms with Crippen molar-refractivity contribution in [2.75, 3.05) is 20.2 Å². The van der Waals surface area contributed by atoms with Gasteiger partial charge in [0.2, 0.25) is 0 Å². The first-order valence-corrected chi connectivity index (χ1v) is 8.60. The van der Waals surface area contributed by atoms with Crippen molar-refractivity contribution in [3.63, 3.8) is 0 Å². The van der Waals surface area contributed by atoms with Gasteiger partial charge in [0.25, 0.3) is 5.91 Å². The van der Waals surface area contributed by atoms with E-state index in [2.05, 4.69) is 6.07 Å². The minimum atomic E-state index is -0.113. The Bertz CT molecular complexity index is 844. The summed E-state index contributed by atoms with van der Waals surface area (Å²) < 4.78 is 5.15. The van der Waals surface area contributed by atoms with Crippen molar-refractivity contribution in [3.05, 3.63) is 65.2 Å². The summed E-state index contributed by atoms with van der Waals surface area (Å²) in [6, 6.07) is 16.0. The van der Waals surface area contributed by atoms with Gasteiger partial charge in [0.05, 0.1) is 13.2 Å². The number of carbonyl (C=O) groups excluding carboxylic acids is 2. The fourth-order valence-electron chi connectivity index (χ4n) is 3.09. The summed E-state index contributed by atoms with van der Waals surface area (Å²) in [5.74, 6) is 0.504. The molecule has 1 saturated heterocycles. The third kappa shape index (κ3) is 3.75. The number of ketones is 1. The van der Waals surface area contributed by atoms with Crippen molar-refractivity contribution in [1.82, 2.24) is 4.90 Å². The fraction of sp³-hybridized carbons (Fsp3) is 0.286. The predicted octanol–water partition coefficient (Wildman–Crippen LogP) is 3.30. The maximum absolute atomic E-state index is 12.6. The van der Waals surface area contributed by atoms with Crippen LogP contribution >= 0.6 is 0 Å². The summed E-state index contributed by atoms with van der Waals surface area (Å²) in [6.45, 7) is 1.20. The lowest BCUT2D eigenvalue weighted by Crippen LogP contribution is -2.38. The molecule has 0 unspecified atom stereocenters. The average molecular weight is 348 g/mol. The number of nitrogens with zero attached hydrogens (tertiary/aromatic N) is 2. The number of methoxy groups -OCH3 is 1. The number of nitriles is 1. The summed E-state index contributed by atoms with van der Waals surface area (Å²) in [7, 11) is 1.56. The molecule has 5 nitrogen and oxygen atoms in total. The molecular formula is C21H20N2O3. The van der Waals surface area contributed by atoms with Crippen LogP contribution < -0.4 is 4.74 Å². The van der Waals surface area contributed by atoms with Gasteiger partial charge in [0, 0.05) is 35.7 Å². The van der Waals surface area contributed by atoms with Crippen LogP contribution in [-0.2, 0) is 0 Å². The largest absolute Gasteiger partial charge is 0.497 e. The van der Waals surface area contributed by atoms with Crippen LogP contribution in [0.15, 0.2) is 48.5 Å². The molecule has 0 saturated carbocycles. The molecule has 1 heterocycles. The van der Waals surface area contributed by atoms with Crippen molar-refractivity contribution in [3.8, 4) is 11.8 Å². The molecule has 0 spiro atoms. The number of piperidine rings is 1. The van der Waals surface area contributed by atoms with Crippen LogP contribution in [0.4, 0.5) is 0 Å². The van der Waals surface area contributed by atoms with Gasteiger partial charge in [-0.25, -0.2) is 0 Å². The molecule has 1 amide bonds. The van der Waals surface area contributed by atoms with Crippen LogP contribution in [0.5, 0.6) is 5.75 Å². The Morgan fingerprint density at radius 3 is 2.31 bits per heavy atom. The Balaban J connectivity index is 1.71. The molecule has 0 N–H and O–H groups in total. The van der Waals surface area contributed by atoms with Crippen molar-refractivity contribution >= 4 is 11.7 Å². The molecule has 2 aromatic rings. The van der Waals surface area contributed by atoms with E-state index < -0.39 is 0 Å². The van der Waals surface area contributed by atoms with Crippen molar-refractivity contribution in [2.24, 2.45) is 5.92 Å². The zero-order chi connectivity index (χ0) is 18.5. The molecule has 0 atom stereocenters. The minimum Gasteiger partial charge on any atom is -0.497 e. The second kappa shape index (κ2) is 7.83. The first kappa shape index (κ1) is 17.7. The summed E-state index contributed by atoms with van der Waals surface area (Å²) in [5.41, 5.74) is 1.63. The van der Waals surface area contributed by atoms with E-state index in [0.717, 1.165) is 0 Å². The topological polar surface area (TPSA) is 70.4 Å². The molecule has 5 heteroatoms. The monoisotopic (exact) mass is 348 g/mol. The maximum atomic E-state index is 12.6. The van der Waals surface area contributed by atoms with Crippen LogP contribution in [-0.4, -0.2) is 36.8 Å². The first-order valence-electron chi connectivity index (χ1n) is 8.60. The van der Waals surface area contributed by atoms with Gasteiger partial charge in [-0.1, -0.05) is 24.3 Å². The lowest BCUT2D eigenvalue weighted by molar-refractivity contribution is 0.0707. The average Bonchev–Trinajstić information content (AvgIpc) is 2.73. The van der Waals surface area contributed by atoms with E-state index in [0.29, 0.717) is 48.4 Å². The van der Waals surface area contributed by atoms with Gasteiger partial charge in [-0.05, 0) is 37.1 Å². The fourth-order valence-corrected chi connectivity index (χ4v) is 3.09. The Kier molecular flexibility index (Phi) is 5.33. The number of hydrogen-bond acceptors (Lipinski definition) is 4. The van der Waals surface area contributed by atoms with Crippen LogP contribution in [0.1, 0.15) is 39.1 Å². The molecule has 0 bridgehead atoms. The molecule has 1 fully saturated rings. The molecule has 3 rings (SSSR count). The first-order chi connectivity index (χ1) is 12.6. The third-order valence-corrected chi connectivity index (χ3v) is 4.69. The van der Waals surface area contributed by atoms with Crippen molar-refractivity contribution in [1.29, 1.82) is 5.26 Å². The molecule has 1 aliphatic heterocycles. The van der Waals surface area contributed by atoms with E-state index in [-0.39, 0.29) is 17.6 Å². The van der Waals surface area contributed by atoms with E-state index in [1.54, 1.807) is 60.5 Å². The van der Waals surface area contributed by atoms with Crippen LogP contribution in [0, 0.1) is 17.2 Å². The van der Waals surface area contributed by atoms with Gasteiger partial charge in [0.15, 0.2) is 5.78 Å². The summed E-state index contributed by atoms with van der Waals surface area (Å²) in [6.07, 6.45) is 1.43. The third-order valence-electron chi connectivity index (χ3n) is 4.69. The van der Waals surface area contributed by atoms with E-state index in [4.69, 9.17) is 10.00 Å². The Hall–Kier alpha value is -3.13.